The standard InChI is InChI=1S/C44H58O12/c1-27-20-21-34-29(3)35(53-42-44(34)33(27)22-23-43(5,54-42)55-56-44)26-38(45)48-24-14-8-9-15-28(2)49-41-37(52-40(47)32-18-12-7-13-19-32)25-36(30(4)50-41)51-39(46)31-16-10-6-11-17-31/h6-7,10-13,16-19,27-30,33-37,41-42H,8-9,14-15,20-26H2,1-5H3/t27-,28-,29-,30+,33+,34+,35-,36-,37-,41-,42?,43+,44-/m1/s1. The maximum atomic E-state index is 13.1. The Morgan fingerprint density at radius 1 is 0.804 bits per heavy atom. The molecule has 5 heterocycles. The van der Waals surface area contributed by atoms with Gasteiger partial charge in [0.25, 0.3) is 0 Å². The van der Waals surface area contributed by atoms with Crippen LogP contribution in [0.25, 0.3) is 0 Å². The molecule has 13 atom stereocenters. The molecular formula is C44H58O12. The summed E-state index contributed by atoms with van der Waals surface area (Å²) < 4.78 is 43.0. The molecule has 5 saturated heterocycles. The fraction of sp³-hybridized carbons (Fsp3) is 0.659. The summed E-state index contributed by atoms with van der Waals surface area (Å²) in [4.78, 5) is 51.2. The second-order valence-corrected chi connectivity index (χ2v) is 16.7. The van der Waals surface area contributed by atoms with Gasteiger partial charge < -0.3 is 33.2 Å². The third kappa shape index (κ3) is 8.85. The van der Waals surface area contributed by atoms with Crippen LogP contribution < -0.4 is 0 Å². The van der Waals surface area contributed by atoms with Crippen LogP contribution in [0, 0.1) is 23.7 Å². The molecule has 0 radical (unpaired) electrons. The first-order chi connectivity index (χ1) is 27.0. The zero-order valence-corrected chi connectivity index (χ0v) is 33.3. The molecule has 0 N–H and O–H groups in total. The lowest BCUT2D eigenvalue weighted by atomic mass is 9.57. The third-order valence-electron chi connectivity index (χ3n) is 12.7. The van der Waals surface area contributed by atoms with Crippen LogP contribution >= 0.6 is 0 Å². The molecule has 2 aromatic rings. The summed E-state index contributed by atoms with van der Waals surface area (Å²) in [5.41, 5.74) is 0.185. The summed E-state index contributed by atoms with van der Waals surface area (Å²) in [5.74, 6) is -1.11. The van der Waals surface area contributed by atoms with Gasteiger partial charge in [-0.05, 0) is 101 Å². The Balaban J connectivity index is 0.858. The maximum Gasteiger partial charge on any atom is 0.338 e. The minimum atomic E-state index is -0.854. The minimum absolute atomic E-state index is 0.0812. The zero-order valence-electron chi connectivity index (χ0n) is 33.3. The average Bonchev–Trinajstić information content (AvgIpc) is 3.42. The fourth-order valence-electron chi connectivity index (χ4n) is 9.47. The molecule has 6 fully saturated rings. The molecule has 12 nitrogen and oxygen atoms in total. The molecule has 1 saturated carbocycles. The summed E-state index contributed by atoms with van der Waals surface area (Å²) in [6, 6.07) is 17.5. The molecule has 12 heteroatoms. The van der Waals surface area contributed by atoms with E-state index in [4.69, 9.17) is 42.9 Å². The summed E-state index contributed by atoms with van der Waals surface area (Å²) in [7, 11) is 0. The highest BCUT2D eigenvalue weighted by Gasteiger charge is 2.69. The van der Waals surface area contributed by atoms with Crippen LogP contribution in [-0.2, 0) is 47.7 Å². The Hall–Kier alpha value is -3.39. The van der Waals surface area contributed by atoms with Crippen molar-refractivity contribution in [2.24, 2.45) is 23.7 Å². The van der Waals surface area contributed by atoms with E-state index in [9.17, 15) is 14.4 Å². The van der Waals surface area contributed by atoms with Gasteiger partial charge in [-0.2, -0.15) is 0 Å². The Labute approximate surface area is 330 Å². The van der Waals surface area contributed by atoms with Gasteiger partial charge in [-0.1, -0.05) is 56.7 Å². The first-order valence-corrected chi connectivity index (χ1v) is 20.6. The number of esters is 3. The Morgan fingerprint density at radius 2 is 1.48 bits per heavy atom. The second kappa shape index (κ2) is 17.6. The molecule has 306 valence electrons. The summed E-state index contributed by atoms with van der Waals surface area (Å²) >= 11 is 0. The van der Waals surface area contributed by atoms with Gasteiger partial charge in [0.1, 0.15) is 6.10 Å². The summed E-state index contributed by atoms with van der Waals surface area (Å²) in [5, 5.41) is 0. The number of fused-ring (bicyclic) bond motifs is 2. The van der Waals surface area contributed by atoms with Crippen LogP contribution in [0.2, 0.25) is 0 Å². The largest absolute Gasteiger partial charge is 0.466 e. The molecule has 6 aliphatic rings. The molecule has 2 bridgehead atoms. The monoisotopic (exact) mass is 778 g/mol. The molecule has 0 aromatic heterocycles. The lowest BCUT2D eigenvalue weighted by Crippen LogP contribution is -2.70. The van der Waals surface area contributed by atoms with E-state index in [-0.39, 0.29) is 48.8 Å². The van der Waals surface area contributed by atoms with E-state index in [2.05, 4.69) is 13.8 Å². The molecule has 0 amide bonds. The van der Waals surface area contributed by atoms with Gasteiger partial charge >= 0.3 is 17.9 Å². The van der Waals surface area contributed by atoms with Gasteiger partial charge in [0.2, 0.25) is 5.79 Å². The SMILES string of the molecule is C[C@H]1[C@@H](CC(=O)OCCCCC[C@@H](C)O[C@@H]2O[C@@H](C)[C@H](OC(=O)c3ccccc3)C[C@H]2OC(=O)c2ccccc2)OC2O[C@]3(C)CC[C@H]4[C@H](C)CC[C@@H]1[C@@]24OO3. The van der Waals surface area contributed by atoms with Crippen LogP contribution in [0.1, 0.15) is 120 Å². The van der Waals surface area contributed by atoms with E-state index in [0.717, 1.165) is 44.9 Å². The summed E-state index contributed by atoms with van der Waals surface area (Å²) in [6.07, 6.45) is 3.38. The highest BCUT2D eigenvalue weighted by molar-refractivity contribution is 5.90. The van der Waals surface area contributed by atoms with Crippen molar-refractivity contribution in [3.8, 4) is 0 Å². The van der Waals surface area contributed by atoms with E-state index in [0.29, 0.717) is 30.1 Å². The fourth-order valence-corrected chi connectivity index (χ4v) is 9.47. The molecule has 56 heavy (non-hydrogen) atoms. The van der Waals surface area contributed by atoms with Crippen LogP contribution in [0.3, 0.4) is 0 Å². The highest BCUT2D eigenvalue weighted by atomic mass is 17.3. The predicted octanol–water partition coefficient (Wildman–Crippen LogP) is 7.72. The number of carbonyl (C=O) groups excluding carboxylic acids is 3. The second-order valence-electron chi connectivity index (χ2n) is 16.7. The van der Waals surface area contributed by atoms with Crippen LogP contribution in [0.4, 0.5) is 0 Å². The van der Waals surface area contributed by atoms with Crippen molar-refractivity contribution < 1.29 is 57.3 Å². The van der Waals surface area contributed by atoms with Crippen molar-refractivity contribution in [2.45, 2.75) is 153 Å². The molecule has 1 aliphatic carbocycles. The van der Waals surface area contributed by atoms with Crippen LogP contribution in [-0.4, -0.2) is 79.0 Å². The van der Waals surface area contributed by atoms with E-state index < -0.39 is 54.2 Å². The number of hydrogen-bond acceptors (Lipinski definition) is 12. The summed E-state index contributed by atoms with van der Waals surface area (Å²) in [6.45, 7) is 10.4. The molecule has 1 unspecified atom stereocenters. The van der Waals surface area contributed by atoms with Crippen molar-refractivity contribution in [3.05, 3.63) is 71.8 Å². The van der Waals surface area contributed by atoms with E-state index in [1.807, 2.05) is 32.9 Å². The molecule has 1 spiro atoms. The van der Waals surface area contributed by atoms with E-state index in [1.165, 1.54) is 0 Å². The van der Waals surface area contributed by atoms with Gasteiger partial charge in [-0.3, -0.25) is 4.79 Å². The van der Waals surface area contributed by atoms with Crippen LogP contribution in [0.15, 0.2) is 60.7 Å². The quantitative estimate of drug-likeness (QED) is 0.0805. The molecule has 5 aliphatic heterocycles. The van der Waals surface area contributed by atoms with Gasteiger partial charge in [-0.15, -0.1) is 0 Å². The number of benzene rings is 2. The van der Waals surface area contributed by atoms with Gasteiger partial charge in [0.05, 0.1) is 42.5 Å². The average molecular weight is 779 g/mol. The third-order valence-corrected chi connectivity index (χ3v) is 12.7. The van der Waals surface area contributed by atoms with Crippen molar-refractivity contribution >= 4 is 17.9 Å². The van der Waals surface area contributed by atoms with E-state index >= 15 is 0 Å². The van der Waals surface area contributed by atoms with Gasteiger partial charge in [0.15, 0.2) is 24.3 Å². The van der Waals surface area contributed by atoms with Crippen molar-refractivity contribution in [1.82, 2.24) is 0 Å². The van der Waals surface area contributed by atoms with Gasteiger partial charge in [0, 0.05) is 18.8 Å². The highest BCUT2D eigenvalue weighted by Crippen LogP contribution is 2.60. The number of carbonyl (C=O) groups is 3. The predicted molar refractivity (Wildman–Crippen MR) is 202 cm³/mol. The number of ether oxygens (including phenoxy) is 7. The number of hydrogen-bond donors (Lipinski definition) is 0. The lowest BCUT2D eigenvalue weighted by Gasteiger charge is -2.60. The van der Waals surface area contributed by atoms with Crippen molar-refractivity contribution in [2.75, 3.05) is 6.61 Å². The Morgan fingerprint density at radius 3 is 2.18 bits per heavy atom. The maximum absolute atomic E-state index is 13.1. The first-order valence-electron chi connectivity index (χ1n) is 20.6. The van der Waals surface area contributed by atoms with Gasteiger partial charge in [-0.25, -0.2) is 19.4 Å². The minimum Gasteiger partial charge on any atom is -0.466 e. The van der Waals surface area contributed by atoms with E-state index in [1.54, 1.807) is 48.5 Å². The Bertz CT molecular complexity index is 1640. The Kier molecular flexibility index (Phi) is 12.8. The number of unbranched alkanes of at least 4 members (excludes halogenated alkanes) is 2. The zero-order chi connectivity index (χ0) is 39.5. The van der Waals surface area contributed by atoms with Crippen molar-refractivity contribution in [1.29, 1.82) is 0 Å². The lowest BCUT2D eigenvalue weighted by molar-refractivity contribution is -0.571. The van der Waals surface area contributed by atoms with Crippen LogP contribution in [0.5, 0.6) is 0 Å². The molecule has 8 rings (SSSR count). The first kappa shape index (κ1) is 40.8. The van der Waals surface area contributed by atoms with Crippen molar-refractivity contribution in [3.63, 3.8) is 0 Å². The normalized spacial score (nSPS) is 36.7. The number of rotatable bonds is 14. The molecule has 2 aromatic carbocycles. The smallest absolute Gasteiger partial charge is 0.338 e. The molecular weight excluding hydrogens is 720 g/mol. The topological polar surface area (TPSA) is 134 Å².